The molecule has 218 valence electrons. The van der Waals surface area contributed by atoms with Gasteiger partial charge in [-0.25, -0.2) is 9.59 Å². The van der Waals surface area contributed by atoms with E-state index < -0.39 is 17.5 Å². The van der Waals surface area contributed by atoms with E-state index in [1.807, 2.05) is 27.7 Å². The van der Waals surface area contributed by atoms with Crippen LogP contribution < -0.4 is 0 Å². The number of hydrogen-bond acceptors (Lipinski definition) is 5. The van der Waals surface area contributed by atoms with Crippen molar-refractivity contribution in [3.05, 3.63) is 89.3 Å². The summed E-state index contributed by atoms with van der Waals surface area (Å²) < 4.78 is 7.80. The summed E-state index contributed by atoms with van der Waals surface area (Å²) >= 11 is 7.67. The number of carbonyl (C=O) groups is 2. The second kappa shape index (κ2) is 12.6. The number of esters is 1. The Hall–Kier alpha value is -2.84. The summed E-state index contributed by atoms with van der Waals surface area (Å²) in [4.78, 5) is 26.2. The van der Waals surface area contributed by atoms with E-state index in [0.717, 1.165) is 36.8 Å². The van der Waals surface area contributed by atoms with Crippen molar-refractivity contribution in [2.24, 2.45) is 0 Å². The van der Waals surface area contributed by atoms with Gasteiger partial charge in [-0.2, -0.15) is 0 Å². The van der Waals surface area contributed by atoms with Gasteiger partial charge in [0, 0.05) is 36.8 Å². The number of carboxylic acids is 1. The number of phenols is 2. The third kappa shape index (κ3) is 5.18. The van der Waals surface area contributed by atoms with Crippen molar-refractivity contribution in [3.63, 3.8) is 0 Å². The third-order valence-corrected chi connectivity index (χ3v) is 9.47. The minimum Gasteiger partial charge on any atom is -0.508 e. The topological polar surface area (TPSA) is 104 Å². The number of fused-ring (bicyclic) bond motifs is 1. The van der Waals surface area contributed by atoms with Gasteiger partial charge in [0.15, 0.2) is 5.60 Å². The standard InChI is InChI=1S/C33H36Br2O6/c1-5-10-18-16-24(36)20(12-7-3)29(34)27(18)33(23-15-9-14-22(31(38)39)26(23)32(40)41-33)28-19(11-6-2)17-25(37)21(13-8-4)30(28)35/h9,14-17,36-37H,5-8,10-13H2,1-4H3,(H,38,39). The summed E-state index contributed by atoms with van der Waals surface area (Å²) in [6.45, 7) is 8.13. The Labute approximate surface area is 258 Å². The molecule has 6 nitrogen and oxygen atoms in total. The molecule has 0 saturated carbocycles. The predicted molar refractivity (Wildman–Crippen MR) is 166 cm³/mol. The van der Waals surface area contributed by atoms with Crippen LogP contribution >= 0.6 is 31.9 Å². The lowest BCUT2D eigenvalue weighted by atomic mass is 9.73. The number of aryl methyl sites for hydroxylation is 2. The van der Waals surface area contributed by atoms with Crippen LogP contribution in [0.2, 0.25) is 0 Å². The number of ether oxygens (including phenoxy) is 1. The van der Waals surface area contributed by atoms with Gasteiger partial charge < -0.3 is 20.1 Å². The maximum absolute atomic E-state index is 13.9. The van der Waals surface area contributed by atoms with E-state index in [-0.39, 0.29) is 22.6 Å². The molecule has 1 aliphatic heterocycles. The molecular formula is C33H36Br2O6. The first-order chi connectivity index (χ1) is 19.6. The van der Waals surface area contributed by atoms with Crippen LogP contribution in [-0.2, 0) is 36.0 Å². The van der Waals surface area contributed by atoms with E-state index in [4.69, 9.17) is 4.74 Å². The zero-order chi connectivity index (χ0) is 30.1. The molecule has 1 aliphatic rings. The van der Waals surface area contributed by atoms with Crippen molar-refractivity contribution in [1.29, 1.82) is 0 Å². The van der Waals surface area contributed by atoms with E-state index >= 15 is 0 Å². The highest BCUT2D eigenvalue weighted by atomic mass is 79.9. The molecule has 41 heavy (non-hydrogen) atoms. The molecule has 0 unspecified atom stereocenters. The molecule has 0 atom stereocenters. The van der Waals surface area contributed by atoms with Gasteiger partial charge in [-0.15, -0.1) is 0 Å². The van der Waals surface area contributed by atoms with E-state index in [1.165, 1.54) is 6.07 Å². The molecule has 1 heterocycles. The van der Waals surface area contributed by atoms with Crippen molar-refractivity contribution in [1.82, 2.24) is 0 Å². The van der Waals surface area contributed by atoms with Gasteiger partial charge in [0.1, 0.15) is 11.5 Å². The van der Waals surface area contributed by atoms with Crippen LogP contribution in [0.5, 0.6) is 11.5 Å². The first-order valence-corrected chi connectivity index (χ1v) is 15.8. The smallest absolute Gasteiger partial charge is 0.341 e. The van der Waals surface area contributed by atoms with Crippen LogP contribution in [0.25, 0.3) is 0 Å². The number of carbonyl (C=O) groups excluding carboxylic acids is 1. The van der Waals surface area contributed by atoms with Gasteiger partial charge in [-0.1, -0.05) is 65.5 Å². The second-order valence-corrected chi connectivity index (χ2v) is 12.1. The fourth-order valence-corrected chi connectivity index (χ4v) is 7.98. The normalized spacial score (nSPS) is 13.8. The van der Waals surface area contributed by atoms with Crippen LogP contribution in [0.15, 0.2) is 39.3 Å². The molecule has 3 N–H and O–H groups in total. The van der Waals surface area contributed by atoms with Gasteiger partial charge in [0.05, 0.1) is 11.1 Å². The van der Waals surface area contributed by atoms with Crippen molar-refractivity contribution >= 4 is 43.8 Å². The van der Waals surface area contributed by atoms with Crippen molar-refractivity contribution in [3.8, 4) is 11.5 Å². The van der Waals surface area contributed by atoms with Crippen LogP contribution in [0.4, 0.5) is 0 Å². The zero-order valence-electron chi connectivity index (χ0n) is 23.9. The van der Waals surface area contributed by atoms with Gasteiger partial charge in [0.25, 0.3) is 0 Å². The summed E-state index contributed by atoms with van der Waals surface area (Å²) in [6.07, 6.45) is 5.40. The molecule has 0 bridgehead atoms. The lowest BCUT2D eigenvalue weighted by Crippen LogP contribution is -2.34. The Balaban J connectivity index is 2.31. The molecule has 0 aromatic heterocycles. The van der Waals surface area contributed by atoms with Gasteiger partial charge in [0.2, 0.25) is 0 Å². The Morgan fingerprint density at radius 1 is 0.805 bits per heavy atom. The fourth-order valence-electron chi connectivity index (χ4n) is 6.11. The Kier molecular flexibility index (Phi) is 9.54. The summed E-state index contributed by atoms with van der Waals surface area (Å²) in [5.41, 5.74) is 3.08. The Morgan fingerprint density at radius 3 is 1.68 bits per heavy atom. The number of aromatic hydroxyl groups is 2. The number of rotatable bonds is 11. The predicted octanol–water partition coefficient (Wildman–Crippen LogP) is 8.59. The van der Waals surface area contributed by atoms with Gasteiger partial charge in [-0.05, 0) is 86.9 Å². The number of benzene rings is 3. The molecular weight excluding hydrogens is 652 g/mol. The highest BCUT2D eigenvalue weighted by molar-refractivity contribution is 9.11. The second-order valence-electron chi connectivity index (χ2n) is 10.5. The molecule has 0 saturated heterocycles. The fraction of sp³-hybridized carbons (Fsp3) is 0.394. The van der Waals surface area contributed by atoms with Crippen LogP contribution in [0.1, 0.15) is 113 Å². The van der Waals surface area contributed by atoms with Crippen LogP contribution in [0.3, 0.4) is 0 Å². The van der Waals surface area contributed by atoms with E-state index in [0.29, 0.717) is 62.4 Å². The van der Waals surface area contributed by atoms with Crippen molar-refractivity contribution < 1.29 is 29.6 Å². The van der Waals surface area contributed by atoms with E-state index in [9.17, 15) is 24.9 Å². The van der Waals surface area contributed by atoms with Crippen molar-refractivity contribution in [2.75, 3.05) is 0 Å². The quantitative estimate of drug-likeness (QED) is 0.175. The number of phenolic OH excluding ortho intramolecular Hbond substituents is 2. The lowest BCUT2D eigenvalue weighted by molar-refractivity contribution is 0.0239. The minimum atomic E-state index is -1.54. The molecule has 0 radical (unpaired) electrons. The molecule has 0 fully saturated rings. The highest BCUT2D eigenvalue weighted by Crippen LogP contribution is 2.56. The lowest BCUT2D eigenvalue weighted by Gasteiger charge is -2.37. The number of halogens is 2. The molecule has 8 heteroatoms. The number of aromatic carboxylic acids is 1. The first kappa shape index (κ1) is 31.1. The molecule has 4 rings (SSSR count). The molecule has 3 aromatic carbocycles. The maximum Gasteiger partial charge on any atom is 0.341 e. The summed E-state index contributed by atoms with van der Waals surface area (Å²) in [7, 11) is 0. The average Bonchev–Trinajstić information content (AvgIpc) is 3.21. The third-order valence-electron chi connectivity index (χ3n) is 7.72. The Morgan fingerprint density at radius 2 is 1.27 bits per heavy atom. The monoisotopic (exact) mass is 686 g/mol. The molecule has 0 aliphatic carbocycles. The highest BCUT2D eigenvalue weighted by Gasteiger charge is 2.54. The molecule has 3 aromatic rings. The maximum atomic E-state index is 13.9. The Bertz CT molecular complexity index is 1440. The average molecular weight is 688 g/mol. The summed E-state index contributed by atoms with van der Waals surface area (Å²) in [5, 5.41) is 32.3. The summed E-state index contributed by atoms with van der Waals surface area (Å²) in [5.74, 6) is -1.62. The van der Waals surface area contributed by atoms with Crippen molar-refractivity contribution in [2.45, 2.75) is 84.7 Å². The van der Waals surface area contributed by atoms with Gasteiger partial charge in [-0.3, -0.25) is 0 Å². The van der Waals surface area contributed by atoms with Gasteiger partial charge >= 0.3 is 11.9 Å². The number of cyclic esters (lactones) is 1. The SMILES string of the molecule is CCCc1cc(O)c(CCC)c(Br)c1C1(c2c(CCC)cc(O)c(CCC)c2Br)OC(=O)c2c(C(=O)O)cccc21. The number of hydrogen-bond donors (Lipinski definition) is 3. The largest absolute Gasteiger partial charge is 0.508 e. The molecule has 0 spiro atoms. The summed E-state index contributed by atoms with van der Waals surface area (Å²) in [6, 6.07) is 8.32. The van der Waals surface area contributed by atoms with Crippen LogP contribution in [0, 0.1) is 0 Å². The zero-order valence-corrected chi connectivity index (χ0v) is 27.0. The minimum absolute atomic E-state index is 0.0129. The first-order valence-electron chi connectivity index (χ1n) is 14.3. The number of carboxylic acid groups (broad SMARTS) is 1. The van der Waals surface area contributed by atoms with Crippen LogP contribution in [-0.4, -0.2) is 27.3 Å². The van der Waals surface area contributed by atoms with E-state index in [1.54, 1.807) is 24.3 Å². The van der Waals surface area contributed by atoms with E-state index in [2.05, 4.69) is 31.9 Å². The molecule has 0 amide bonds.